The molecule has 0 bridgehead atoms. The molecule has 2 heterocycles. The molecule has 0 atom stereocenters. The highest BCUT2D eigenvalue weighted by Gasteiger charge is 2.26. The Morgan fingerprint density at radius 1 is 1.32 bits per heavy atom. The Balaban J connectivity index is 1.52. The smallest absolute Gasteiger partial charge is 0.276 e. The summed E-state index contributed by atoms with van der Waals surface area (Å²) in [6.45, 7) is 5.53. The van der Waals surface area contributed by atoms with Gasteiger partial charge < -0.3 is 14.2 Å². The van der Waals surface area contributed by atoms with Crippen molar-refractivity contribution in [1.82, 2.24) is 10.1 Å². The molecule has 0 radical (unpaired) electrons. The minimum Gasteiger partial charge on any atom is -0.490 e. The summed E-state index contributed by atoms with van der Waals surface area (Å²) in [5.41, 5.74) is 0.396. The van der Waals surface area contributed by atoms with Crippen LogP contribution in [0.15, 0.2) is 34.9 Å². The van der Waals surface area contributed by atoms with Gasteiger partial charge in [0.2, 0.25) is 0 Å². The number of halogens is 1. The second-order valence-electron chi connectivity index (χ2n) is 6.84. The molecule has 1 aromatic heterocycles. The number of likely N-dealkylation sites (tertiary alicyclic amines) is 1. The van der Waals surface area contributed by atoms with Crippen molar-refractivity contribution in [3.8, 4) is 5.75 Å². The maximum Gasteiger partial charge on any atom is 0.276 e. The molecule has 1 aliphatic rings. The van der Waals surface area contributed by atoms with E-state index in [1.165, 1.54) is 0 Å². The molecular weight excluding hydrogens is 340 g/mol. The van der Waals surface area contributed by atoms with E-state index in [9.17, 15) is 4.79 Å². The number of piperidine rings is 1. The number of carbonyl (C=O) groups excluding carboxylic acids is 1. The molecule has 0 unspecified atom stereocenters. The van der Waals surface area contributed by atoms with Crippen molar-refractivity contribution in [2.45, 2.75) is 39.2 Å². The molecule has 6 heteroatoms. The number of rotatable bonds is 5. The summed E-state index contributed by atoms with van der Waals surface area (Å²) < 4.78 is 11.2. The van der Waals surface area contributed by atoms with Gasteiger partial charge in [0.1, 0.15) is 17.6 Å². The maximum absolute atomic E-state index is 12.5. The minimum absolute atomic E-state index is 0.0660. The highest BCUT2D eigenvalue weighted by molar-refractivity contribution is 6.30. The number of ether oxygens (including phenoxy) is 1. The van der Waals surface area contributed by atoms with Crippen molar-refractivity contribution in [1.29, 1.82) is 0 Å². The molecule has 0 aliphatic carbocycles. The van der Waals surface area contributed by atoms with Gasteiger partial charge >= 0.3 is 0 Å². The van der Waals surface area contributed by atoms with Crippen molar-refractivity contribution >= 4 is 17.5 Å². The summed E-state index contributed by atoms with van der Waals surface area (Å²) in [5, 5.41) is 4.62. The van der Waals surface area contributed by atoms with E-state index in [0.29, 0.717) is 29.7 Å². The Hall–Kier alpha value is -2.01. The Bertz CT molecular complexity index is 704. The predicted molar refractivity (Wildman–Crippen MR) is 96.1 cm³/mol. The molecule has 1 aliphatic heterocycles. The van der Waals surface area contributed by atoms with Crippen LogP contribution < -0.4 is 4.74 Å². The number of benzene rings is 1. The van der Waals surface area contributed by atoms with E-state index >= 15 is 0 Å². The quantitative estimate of drug-likeness (QED) is 0.799. The first-order valence-electron chi connectivity index (χ1n) is 8.68. The molecule has 3 rings (SSSR count). The lowest BCUT2D eigenvalue weighted by Gasteiger charge is -2.31. The zero-order valence-corrected chi connectivity index (χ0v) is 15.3. The number of amides is 1. The molecular formula is C19H23ClN2O3. The first kappa shape index (κ1) is 17.8. The lowest BCUT2D eigenvalue weighted by atomic mass is 10.1. The molecule has 0 saturated carbocycles. The second kappa shape index (κ2) is 7.91. The SMILES string of the molecule is CC(C)Cc1cc(C(=O)N2CCC(Oc3ccc(Cl)cc3)CC2)no1. The fraction of sp³-hybridized carbons (Fsp3) is 0.474. The third kappa shape index (κ3) is 4.75. The van der Waals surface area contributed by atoms with Crippen LogP contribution in [-0.2, 0) is 6.42 Å². The van der Waals surface area contributed by atoms with Gasteiger partial charge in [0, 0.05) is 43.4 Å². The Labute approximate surface area is 152 Å². The average Bonchev–Trinajstić information content (AvgIpc) is 3.05. The summed E-state index contributed by atoms with van der Waals surface area (Å²) in [5.74, 6) is 1.98. The van der Waals surface area contributed by atoms with Gasteiger partial charge in [0.25, 0.3) is 5.91 Å². The van der Waals surface area contributed by atoms with Crippen LogP contribution in [0.25, 0.3) is 0 Å². The van der Waals surface area contributed by atoms with Crippen LogP contribution in [0.4, 0.5) is 0 Å². The maximum atomic E-state index is 12.5. The van der Waals surface area contributed by atoms with E-state index in [0.717, 1.165) is 30.8 Å². The van der Waals surface area contributed by atoms with Crippen LogP contribution >= 0.6 is 11.6 Å². The number of hydrogen-bond donors (Lipinski definition) is 0. The Morgan fingerprint density at radius 3 is 2.64 bits per heavy atom. The van der Waals surface area contributed by atoms with Crippen LogP contribution in [0, 0.1) is 5.92 Å². The van der Waals surface area contributed by atoms with Gasteiger partial charge in [0.05, 0.1) is 0 Å². The largest absolute Gasteiger partial charge is 0.490 e. The van der Waals surface area contributed by atoms with E-state index in [1.807, 2.05) is 29.2 Å². The van der Waals surface area contributed by atoms with Gasteiger partial charge in [0.15, 0.2) is 5.69 Å². The number of carbonyl (C=O) groups is 1. The summed E-state index contributed by atoms with van der Waals surface area (Å²) in [7, 11) is 0. The van der Waals surface area contributed by atoms with Crippen molar-refractivity contribution in [2.75, 3.05) is 13.1 Å². The molecule has 2 aromatic rings. The zero-order chi connectivity index (χ0) is 17.8. The lowest BCUT2D eigenvalue weighted by Crippen LogP contribution is -2.41. The molecule has 1 amide bonds. The minimum atomic E-state index is -0.0660. The van der Waals surface area contributed by atoms with Crippen molar-refractivity contribution < 1.29 is 14.1 Å². The highest BCUT2D eigenvalue weighted by Crippen LogP contribution is 2.22. The van der Waals surface area contributed by atoms with Gasteiger partial charge in [-0.1, -0.05) is 30.6 Å². The topological polar surface area (TPSA) is 55.6 Å². The van der Waals surface area contributed by atoms with Crippen LogP contribution in [0.1, 0.15) is 42.9 Å². The van der Waals surface area contributed by atoms with Crippen LogP contribution in [0.2, 0.25) is 5.02 Å². The van der Waals surface area contributed by atoms with E-state index < -0.39 is 0 Å². The fourth-order valence-corrected chi connectivity index (χ4v) is 3.08. The van der Waals surface area contributed by atoms with Gasteiger partial charge in [-0.25, -0.2) is 0 Å². The predicted octanol–water partition coefficient (Wildman–Crippen LogP) is 4.21. The monoisotopic (exact) mass is 362 g/mol. The van der Waals surface area contributed by atoms with Gasteiger partial charge in [-0.15, -0.1) is 0 Å². The Kier molecular flexibility index (Phi) is 5.63. The lowest BCUT2D eigenvalue weighted by molar-refractivity contribution is 0.0586. The number of nitrogens with zero attached hydrogens (tertiary/aromatic N) is 2. The molecule has 134 valence electrons. The highest BCUT2D eigenvalue weighted by atomic mass is 35.5. The normalized spacial score (nSPS) is 15.6. The van der Waals surface area contributed by atoms with Crippen LogP contribution in [-0.4, -0.2) is 35.2 Å². The number of hydrogen-bond acceptors (Lipinski definition) is 4. The summed E-state index contributed by atoms with van der Waals surface area (Å²) in [4.78, 5) is 14.4. The fourth-order valence-electron chi connectivity index (χ4n) is 2.96. The average molecular weight is 363 g/mol. The van der Waals surface area contributed by atoms with Gasteiger partial charge in [-0.3, -0.25) is 4.79 Å². The van der Waals surface area contributed by atoms with Gasteiger partial charge in [-0.05, 0) is 30.2 Å². The Morgan fingerprint density at radius 2 is 2.00 bits per heavy atom. The molecule has 0 spiro atoms. The summed E-state index contributed by atoms with van der Waals surface area (Å²) >= 11 is 5.88. The first-order chi connectivity index (χ1) is 12.0. The zero-order valence-electron chi connectivity index (χ0n) is 14.6. The first-order valence-corrected chi connectivity index (χ1v) is 9.06. The molecule has 1 saturated heterocycles. The molecule has 1 fully saturated rings. The van der Waals surface area contributed by atoms with Gasteiger partial charge in [-0.2, -0.15) is 0 Å². The standard InChI is InChI=1S/C19H23ClN2O3/c1-13(2)11-17-12-18(21-25-17)19(23)22-9-7-16(8-10-22)24-15-5-3-14(20)4-6-15/h3-6,12-13,16H,7-11H2,1-2H3. The summed E-state index contributed by atoms with van der Waals surface area (Å²) in [6.07, 6.45) is 2.49. The molecule has 1 aromatic carbocycles. The third-order valence-electron chi connectivity index (χ3n) is 4.23. The van der Waals surface area contributed by atoms with E-state index in [-0.39, 0.29) is 12.0 Å². The molecule has 0 N–H and O–H groups in total. The number of aromatic nitrogens is 1. The molecule has 25 heavy (non-hydrogen) atoms. The van der Waals surface area contributed by atoms with Crippen molar-refractivity contribution in [3.05, 3.63) is 46.8 Å². The van der Waals surface area contributed by atoms with E-state index in [1.54, 1.807) is 6.07 Å². The molecule has 5 nitrogen and oxygen atoms in total. The van der Waals surface area contributed by atoms with Crippen molar-refractivity contribution in [2.24, 2.45) is 5.92 Å². The van der Waals surface area contributed by atoms with Crippen LogP contribution in [0.3, 0.4) is 0 Å². The van der Waals surface area contributed by atoms with E-state index in [2.05, 4.69) is 19.0 Å². The van der Waals surface area contributed by atoms with E-state index in [4.69, 9.17) is 20.9 Å². The third-order valence-corrected chi connectivity index (χ3v) is 4.49. The second-order valence-corrected chi connectivity index (χ2v) is 7.28. The summed E-state index contributed by atoms with van der Waals surface area (Å²) in [6, 6.07) is 9.12. The van der Waals surface area contributed by atoms with Crippen LogP contribution in [0.5, 0.6) is 5.75 Å². The van der Waals surface area contributed by atoms with Crippen molar-refractivity contribution in [3.63, 3.8) is 0 Å².